The molecular weight excluding hydrogens is 635 g/mol. The maximum atomic E-state index is 12.5. The quantitative estimate of drug-likeness (QED) is 0.123. The van der Waals surface area contributed by atoms with Crippen molar-refractivity contribution in [3.05, 3.63) is 149 Å². The van der Waals surface area contributed by atoms with E-state index in [9.17, 15) is 14.7 Å². The van der Waals surface area contributed by atoms with Crippen LogP contribution in [-0.2, 0) is 27.4 Å². The Kier molecular flexibility index (Phi) is 11.2. The molecule has 1 fully saturated rings. The van der Waals surface area contributed by atoms with Crippen LogP contribution in [0.3, 0.4) is 0 Å². The molecule has 2 heterocycles. The highest BCUT2D eigenvalue weighted by Crippen LogP contribution is 2.43. The molecule has 8 nitrogen and oxygen atoms in total. The van der Waals surface area contributed by atoms with E-state index in [1.165, 1.54) is 6.92 Å². The van der Waals surface area contributed by atoms with Gasteiger partial charge in [0.15, 0.2) is 6.29 Å². The molecule has 0 saturated carbocycles. The largest absolute Gasteiger partial charge is 0.392 e. The van der Waals surface area contributed by atoms with Crippen LogP contribution in [0.4, 0.5) is 5.69 Å². The van der Waals surface area contributed by atoms with Gasteiger partial charge in [0.2, 0.25) is 5.91 Å². The van der Waals surface area contributed by atoms with E-state index in [-0.39, 0.29) is 36.5 Å². The zero-order chi connectivity index (χ0) is 34.2. The van der Waals surface area contributed by atoms with E-state index in [0.29, 0.717) is 17.9 Å². The van der Waals surface area contributed by atoms with Crippen molar-refractivity contribution in [3.63, 3.8) is 0 Å². The van der Waals surface area contributed by atoms with Crippen LogP contribution in [0.15, 0.2) is 126 Å². The van der Waals surface area contributed by atoms with Gasteiger partial charge in [0.25, 0.3) is 5.91 Å². The summed E-state index contributed by atoms with van der Waals surface area (Å²) in [5.41, 5.74) is 7.18. The summed E-state index contributed by atoms with van der Waals surface area (Å²) >= 11 is 1.71. The van der Waals surface area contributed by atoms with Crippen molar-refractivity contribution in [2.75, 3.05) is 11.1 Å². The van der Waals surface area contributed by atoms with Crippen LogP contribution in [0.25, 0.3) is 11.1 Å². The molecule has 250 valence electrons. The number of thioether (sulfide) groups is 1. The van der Waals surface area contributed by atoms with Crippen molar-refractivity contribution in [1.29, 1.82) is 0 Å². The number of rotatable bonds is 11. The molecule has 1 aliphatic heterocycles. The Morgan fingerprint density at radius 2 is 1.59 bits per heavy atom. The minimum Gasteiger partial charge on any atom is -0.392 e. The van der Waals surface area contributed by atoms with Crippen LogP contribution in [0.5, 0.6) is 0 Å². The van der Waals surface area contributed by atoms with E-state index in [4.69, 9.17) is 9.47 Å². The molecule has 3 N–H and O–H groups in total. The Morgan fingerprint density at radius 3 is 2.29 bits per heavy atom. The zero-order valence-corrected chi connectivity index (χ0v) is 28.2. The summed E-state index contributed by atoms with van der Waals surface area (Å²) in [6, 6.07) is 35.6. The second kappa shape index (κ2) is 16.1. The van der Waals surface area contributed by atoms with Crippen molar-refractivity contribution in [1.82, 2.24) is 10.3 Å². The Bertz CT molecular complexity index is 1850. The Labute approximate surface area is 290 Å². The van der Waals surface area contributed by atoms with E-state index in [1.807, 2.05) is 72.8 Å². The lowest BCUT2D eigenvalue weighted by atomic mass is 9.91. The predicted octanol–water partition coefficient (Wildman–Crippen LogP) is 7.71. The van der Waals surface area contributed by atoms with Crippen molar-refractivity contribution < 1.29 is 24.2 Å². The number of amides is 2. The number of aromatic nitrogens is 1. The number of nitrogens with one attached hydrogen (secondary N) is 2. The fraction of sp³-hybridized carbons (Fsp3) is 0.225. The smallest absolute Gasteiger partial charge is 0.253 e. The van der Waals surface area contributed by atoms with Gasteiger partial charge in [-0.15, -0.1) is 11.8 Å². The normalized spacial score (nSPS) is 18.8. The second-order valence-electron chi connectivity index (χ2n) is 12.1. The molecule has 1 aromatic heterocycles. The number of aliphatic hydroxyl groups excluding tert-OH is 1. The predicted molar refractivity (Wildman–Crippen MR) is 192 cm³/mol. The van der Waals surface area contributed by atoms with Gasteiger partial charge in [-0.2, -0.15) is 0 Å². The monoisotopic (exact) mass is 673 g/mol. The van der Waals surface area contributed by atoms with Crippen molar-refractivity contribution in [3.8, 4) is 11.1 Å². The lowest BCUT2D eigenvalue weighted by molar-refractivity contribution is -0.268. The van der Waals surface area contributed by atoms with Crippen LogP contribution in [0.2, 0.25) is 0 Å². The van der Waals surface area contributed by atoms with Gasteiger partial charge in [0.05, 0.1) is 24.4 Å². The number of hydrogen-bond acceptors (Lipinski definition) is 7. The number of aliphatic hydroxyl groups is 1. The summed E-state index contributed by atoms with van der Waals surface area (Å²) in [6.07, 6.45) is 2.30. The Balaban J connectivity index is 1.17. The highest BCUT2D eigenvalue weighted by Gasteiger charge is 2.38. The lowest BCUT2D eigenvalue weighted by Gasteiger charge is -2.41. The molecule has 0 spiro atoms. The van der Waals surface area contributed by atoms with Gasteiger partial charge in [0.1, 0.15) is 0 Å². The van der Waals surface area contributed by atoms with Gasteiger partial charge in [-0.05, 0) is 70.3 Å². The summed E-state index contributed by atoms with van der Waals surface area (Å²) in [6.45, 7) is 4.04. The van der Waals surface area contributed by atoms with Crippen LogP contribution >= 0.6 is 11.8 Å². The number of pyridine rings is 1. The van der Waals surface area contributed by atoms with E-state index in [0.717, 1.165) is 44.0 Å². The molecule has 0 radical (unpaired) electrons. The highest BCUT2D eigenvalue weighted by atomic mass is 32.2. The first kappa shape index (κ1) is 34.1. The van der Waals surface area contributed by atoms with Crippen LogP contribution in [0, 0.1) is 5.92 Å². The van der Waals surface area contributed by atoms with Crippen molar-refractivity contribution in [2.24, 2.45) is 5.92 Å². The minimum absolute atomic E-state index is 0.0115. The number of carbonyl (C=O) groups excluding carboxylic acids is 2. The molecule has 5 aromatic rings. The average Bonchev–Trinajstić information content (AvgIpc) is 3.14. The highest BCUT2D eigenvalue weighted by molar-refractivity contribution is 7.99. The van der Waals surface area contributed by atoms with E-state index in [1.54, 1.807) is 36.3 Å². The molecule has 6 rings (SSSR count). The number of hydrogen-bond donors (Lipinski definition) is 3. The molecule has 1 saturated heterocycles. The average molecular weight is 674 g/mol. The third-order valence-electron chi connectivity index (χ3n) is 8.53. The van der Waals surface area contributed by atoms with Gasteiger partial charge in [-0.1, -0.05) is 73.7 Å². The molecule has 0 unspecified atom stereocenters. The molecule has 0 aliphatic carbocycles. The third-order valence-corrected chi connectivity index (χ3v) is 9.63. The number of nitrogens with zero attached hydrogens (tertiary/aromatic N) is 1. The van der Waals surface area contributed by atoms with Gasteiger partial charge in [0, 0.05) is 53.7 Å². The first-order valence-electron chi connectivity index (χ1n) is 16.2. The number of carbonyl (C=O) groups is 2. The molecule has 0 bridgehead atoms. The van der Waals surface area contributed by atoms with Crippen LogP contribution in [-0.4, -0.2) is 33.8 Å². The fourth-order valence-electron chi connectivity index (χ4n) is 5.80. The summed E-state index contributed by atoms with van der Waals surface area (Å²) in [5.74, 6) is 0.513. The number of benzene rings is 4. The summed E-state index contributed by atoms with van der Waals surface area (Å²) in [4.78, 5) is 29.0. The standard InChI is InChI=1S/C40H39N3O5S/c1-26-37(25-49-36-18-16-35(17-19-36)43-27(2)45)47-40(48-38(26)31-10-8-28(24-44)9-11-31)32-14-12-30(13-15-32)33-6-3-5-29(21-33)22-42-39(46)34-7-4-20-41-23-34/h3-21,23,26,37-38,40,44H,22,24-25H2,1-2H3,(H,42,46)(H,43,45)/t26-,37+,38+,40+/m0/s1. The molecule has 49 heavy (non-hydrogen) atoms. The van der Waals surface area contributed by atoms with Crippen LogP contribution < -0.4 is 10.6 Å². The van der Waals surface area contributed by atoms with Crippen molar-refractivity contribution in [2.45, 2.75) is 50.4 Å². The maximum Gasteiger partial charge on any atom is 0.253 e. The van der Waals surface area contributed by atoms with E-state index >= 15 is 0 Å². The molecule has 4 atom stereocenters. The topological polar surface area (TPSA) is 110 Å². The summed E-state index contributed by atoms with van der Waals surface area (Å²) in [5, 5.41) is 15.4. The Hall–Kier alpha value is -4.80. The van der Waals surface area contributed by atoms with Gasteiger partial charge >= 0.3 is 0 Å². The van der Waals surface area contributed by atoms with E-state index < -0.39 is 6.29 Å². The lowest BCUT2D eigenvalue weighted by Crippen LogP contribution is -2.38. The third kappa shape index (κ3) is 8.82. The minimum atomic E-state index is -0.575. The van der Waals surface area contributed by atoms with Gasteiger partial charge < -0.3 is 25.2 Å². The van der Waals surface area contributed by atoms with E-state index in [2.05, 4.69) is 46.8 Å². The second-order valence-corrected chi connectivity index (χ2v) is 13.2. The molecule has 4 aromatic carbocycles. The van der Waals surface area contributed by atoms with Gasteiger partial charge in [-0.25, -0.2) is 0 Å². The molecule has 9 heteroatoms. The number of ether oxygens (including phenoxy) is 2. The summed E-state index contributed by atoms with van der Waals surface area (Å²) < 4.78 is 13.3. The first-order valence-corrected chi connectivity index (χ1v) is 17.2. The fourth-order valence-corrected chi connectivity index (χ4v) is 6.87. The maximum absolute atomic E-state index is 12.5. The molecule has 1 aliphatic rings. The SMILES string of the molecule is CC(=O)Nc1ccc(SC[C@H]2O[C@@H](c3ccc(-c4cccc(CNC(=O)c5cccnc5)c4)cc3)O[C@@H](c3ccc(CO)cc3)[C@H]2C)cc1. The first-order chi connectivity index (χ1) is 23.9. The van der Waals surface area contributed by atoms with Crippen molar-refractivity contribution >= 4 is 29.3 Å². The molecular formula is C40H39N3O5S. The molecule has 2 amide bonds. The van der Waals surface area contributed by atoms with Gasteiger partial charge in [-0.3, -0.25) is 14.6 Å². The number of anilines is 1. The van der Waals surface area contributed by atoms with Crippen LogP contribution in [0.1, 0.15) is 58.9 Å². The Morgan fingerprint density at radius 1 is 0.837 bits per heavy atom. The zero-order valence-electron chi connectivity index (χ0n) is 27.4. The summed E-state index contributed by atoms with van der Waals surface area (Å²) in [7, 11) is 0.